The second-order valence-corrected chi connectivity index (χ2v) is 7.42. The lowest BCUT2D eigenvalue weighted by Crippen LogP contribution is -2.21. The molecule has 0 spiro atoms. The van der Waals surface area contributed by atoms with Gasteiger partial charge in [0.25, 0.3) is 5.56 Å². The van der Waals surface area contributed by atoms with Gasteiger partial charge in [-0.2, -0.15) is 5.26 Å². The first-order valence-electron chi connectivity index (χ1n) is 9.99. The summed E-state index contributed by atoms with van der Waals surface area (Å²) in [4.78, 5) is 29.8. The molecule has 0 radical (unpaired) electrons. The van der Waals surface area contributed by atoms with Crippen LogP contribution in [-0.2, 0) is 13.0 Å². The molecule has 150 valence electrons. The molecule has 6 heteroatoms. The summed E-state index contributed by atoms with van der Waals surface area (Å²) >= 11 is 0. The third-order valence-corrected chi connectivity index (χ3v) is 5.46. The molecule has 0 fully saturated rings. The van der Waals surface area contributed by atoms with E-state index in [9.17, 15) is 9.59 Å². The van der Waals surface area contributed by atoms with E-state index >= 15 is 0 Å². The lowest BCUT2D eigenvalue weighted by Gasteiger charge is -2.08. The van der Waals surface area contributed by atoms with E-state index in [0.29, 0.717) is 34.3 Å². The minimum absolute atomic E-state index is 0.0594. The second-order valence-electron chi connectivity index (χ2n) is 7.42. The van der Waals surface area contributed by atoms with Crippen LogP contribution in [0, 0.1) is 11.3 Å². The van der Waals surface area contributed by atoms with Crippen LogP contribution in [0.3, 0.4) is 0 Å². The summed E-state index contributed by atoms with van der Waals surface area (Å²) in [6.07, 6.45) is 1.68. The number of benzene rings is 3. The van der Waals surface area contributed by atoms with Gasteiger partial charge in [-0.25, -0.2) is 9.78 Å². The van der Waals surface area contributed by atoms with Crippen LogP contribution in [0.1, 0.15) is 28.2 Å². The summed E-state index contributed by atoms with van der Waals surface area (Å²) in [7, 11) is 0. The van der Waals surface area contributed by atoms with Crippen LogP contribution in [-0.4, -0.2) is 15.5 Å². The zero-order chi connectivity index (χ0) is 21.4. The molecule has 31 heavy (non-hydrogen) atoms. The Labute approximate surface area is 178 Å². The molecule has 0 saturated heterocycles. The predicted octanol–water partition coefficient (Wildman–Crippen LogP) is 4.10. The number of carbonyl (C=O) groups is 1. The summed E-state index contributed by atoms with van der Waals surface area (Å²) in [5, 5.41) is 9.42. The van der Waals surface area contributed by atoms with Crippen LogP contribution in [0.2, 0.25) is 0 Å². The van der Waals surface area contributed by atoms with Crippen LogP contribution in [0.25, 0.3) is 22.0 Å². The van der Waals surface area contributed by atoms with Gasteiger partial charge in [0.1, 0.15) is 11.6 Å². The minimum Gasteiger partial charge on any atom is -0.423 e. The van der Waals surface area contributed by atoms with Crippen molar-refractivity contribution in [2.45, 2.75) is 19.4 Å². The van der Waals surface area contributed by atoms with E-state index in [0.717, 1.165) is 29.8 Å². The van der Waals surface area contributed by atoms with Gasteiger partial charge in [0, 0.05) is 13.0 Å². The van der Waals surface area contributed by atoms with Crippen molar-refractivity contribution >= 4 is 16.9 Å². The molecule has 0 saturated carbocycles. The van der Waals surface area contributed by atoms with Gasteiger partial charge in [-0.05, 0) is 60.0 Å². The summed E-state index contributed by atoms with van der Waals surface area (Å²) < 4.78 is 7.21. The van der Waals surface area contributed by atoms with Crippen molar-refractivity contribution in [1.29, 1.82) is 5.26 Å². The molecule has 0 amide bonds. The molecule has 0 N–H and O–H groups in total. The fraction of sp³-hybridized carbons (Fsp3) is 0.120. The number of rotatable bonds is 3. The van der Waals surface area contributed by atoms with Crippen molar-refractivity contribution in [2.24, 2.45) is 0 Å². The summed E-state index contributed by atoms with van der Waals surface area (Å²) in [5.74, 6) is 0.682. The number of carbonyl (C=O) groups excluding carboxylic acids is 1. The molecular formula is C25H17N3O3. The van der Waals surface area contributed by atoms with Crippen molar-refractivity contribution in [3.05, 3.63) is 94.0 Å². The topological polar surface area (TPSA) is 85.0 Å². The average Bonchev–Trinajstić information content (AvgIpc) is 3.28. The van der Waals surface area contributed by atoms with Crippen LogP contribution < -0.4 is 10.3 Å². The van der Waals surface area contributed by atoms with E-state index in [1.807, 2.05) is 24.3 Å². The first-order valence-corrected chi connectivity index (χ1v) is 9.99. The van der Waals surface area contributed by atoms with Gasteiger partial charge in [-0.3, -0.25) is 9.36 Å². The molecule has 0 bridgehead atoms. The molecular weight excluding hydrogens is 390 g/mol. The number of hydrogen-bond donors (Lipinski definition) is 0. The molecule has 0 atom stereocenters. The van der Waals surface area contributed by atoms with Crippen molar-refractivity contribution in [3.63, 3.8) is 0 Å². The largest absolute Gasteiger partial charge is 0.423 e. The van der Waals surface area contributed by atoms with E-state index in [1.54, 1.807) is 47.0 Å². The molecule has 0 unspecified atom stereocenters. The number of nitriles is 1. The highest BCUT2D eigenvalue weighted by molar-refractivity contribution is 5.95. The lowest BCUT2D eigenvalue weighted by atomic mass is 10.0. The van der Waals surface area contributed by atoms with Crippen LogP contribution >= 0.6 is 0 Å². The molecule has 4 aromatic rings. The van der Waals surface area contributed by atoms with E-state index in [1.165, 1.54) is 0 Å². The van der Waals surface area contributed by atoms with Gasteiger partial charge in [0.15, 0.2) is 0 Å². The van der Waals surface area contributed by atoms with Crippen molar-refractivity contribution in [3.8, 4) is 22.9 Å². The van der Waals surface area contributed by atoms with E-state index < -0.39 is 5.97 Å². The highest BCUT2D eigenvalue weighted by atomic mass is 16.5. The molecule has 6 nitrogen and oxygen atoms in total. The SMILES string of the molecule is N#Cc1ccc(-c2ccc(OC(=O)c3ccc4c(=O)n5c(nc4c3)CCC5)cc2)cc1. The first kappa shape index (κ1) is 18.8. The smallest absolute Gasteiger partial charge is 0.343 e. The lowest BCUT2D eigenvalue weighted by molar-refractivity contribution is 0.0735. The average molecular weight is 407 g/mol. The van der Waals surface area contributed by atoms with Gasteiger partial charge < -0.3 is 4.74 Å². The number of hydrogen-bond acceptors (Lipinski definition) is 5. The summed E-state index contributed by atoms with van der Waals surface area (Å²) in [6.45, 7) is 0.694. The first-order chi connectivity index (χ1) is 15.1. The Bertz CT molecular complexity index is 1410. The third-order valence-electron chi connectivity index (χ3n) is 5.46. The minimum atomic E-state index is -0.504. The second kappa shape index (κ2) is 7.54. The Balaban J connectivity index is 1.37. The zero-order valence-electron chi connectivity index (χ0n) is 16.5. The maximum Gasteiger partial charge on any atom is 0.343 e. The number of aryl methyl sites for hydroxylation is 1. The normalized spacial score (nSPS) is 12.4. The number of aromatic nitrogens is 2. The summed E-state index contributed by atoms with van der Waals surface area (Å²) in [5.41, 5.74) is 3.33. The van der Waals surface area contributed by atoms with Crippen LogP contribution in [0.15, 0.2) is 71.5 Å². The molecule has 1 aromatic heterocycles. The maximum atomic E-state index is 12.6. The fourth-order valence-corrected chi connectivity index (χ4v) is 3.83. The van der Waals surface area contributed by atoms with Crippen molar-refractivity contribution in [2.75, 3.05) is 0 Å². The Morgan fingerprint density at radius 1 is 1.00 bits per heavy atom. The van der Waals surface area contributed by atoms with E-state index in [2.05, 4.69) is 11.1 Å². The van der Waals surface area contributed by atoms with Gasteiger partial charge in [-0.1, -0.05) is 24.3 Å². The third kappa shape index (κ3) is 3.47. The Morgan fingerprint density at radius 2 is 1.71 bits per heavy atom. The molecule has 1 aliphatic rings. The molecule has 3 aromatic carbocycles. The fourth-order valence-electron chi connectivity index (χ4n) is 3.83. The standard InChI is InChI=1S/C25H17N3O3/c26-15-16-3-5-17(6-4-16)18-7-10-20(11-8-18)31-25(30)19-9-12-21-22(14-19)27-23-2-1-13-28(23)24(21)29/h3-12,14H,1-2,13H2. The number of esters is 1. The number of nitrogens with zero attached hydrogens (tertiary/aromatic N) is 3. The van der Waals surface area contributed by atoms with Crippen molar-refractivity contribution < 1.29 is 9.53 Å². The van der Waals surface area contributed by atoms with Gasteiger partial charge in [0.05, 0.1) is 28.1 Å². The van der Waals surface area contributed by atoms with Crippen molar-refractivity contribution in [1.82, 2.24) is 9.55 Å². The molecule has 1 aliphatic heterocycles. The number of ether oxygens (including phenoxy) is 1. The Morgan fingerprint density at radius 3 is 2.42 bits per heavy atom. The highest BCUT2D eigenvalue weighted by Gasteiger charge is 2.17. The van der Waals surface area contributed by atoms with E-state index in [4.69, 9.17) is 10.00 Å². The quantitative estimate of drug-likeness (QED) is 0.377. The van der Waals surface area contributed by atoms with Gasteiger partial charge in [0.2, 0.25) is 0 Å². The maximum absolute atomic E-state index is 12.6. The zero-order valence-corrected chi connectivity index (χ0v) is 16.5. The van der Waals surface area contributed by atoms with E-state index in [-0.39, 0.29) is 5.56 Å². The Hall–Kier alpha value is -4.24. The Kier molecular flexibility index (Phi) is 4.57. The van der Waals surface area contributed by atoms with Crippen LogP contribution in [0.5, 0.6) is 5.75 Å². The predicted molar refractivity (Wildman–Crippen MR) is 116 cm³/mol. The molecule has 0 aliphatic carbocycles. The highest BCUT2D eigenvalue weighted by Crippen LogP contribution is 2.24. The number of fused-ring (bicyclic) bond motifs is 2. The molecule has 5 rings (SSSR count). The van der Waals surface area contributed by atoms with Gasteiger partial charge >= 0.3 is 5.97 Å². The monoisotopic (exact) mass is 407 g/mol. The summed E-state index contributed by atoms with van der Waals surface area (Å²) in [6, 6.07) is 21.4. The van der Waals surface area contributed by atoms with Gasteiger partial charge in [-0.15, -0.1) is 0 Å². The van der Waals surface area contributed by atoms with Crippen LogP contribution in [0.4, 0.5) is 0 Å². The molecule has 2 heterocycles.